The summed E-state index contributed by atoms with van der Waals surface area (Å²) in [5.41, 5.74) is 0. The van der Waals surface area contributed by atoms with Gasteiger partial charge in [0.25, 0.3) is 0 Å². The van der Waals surface area contributed by atoms with Crippen molar-refractivity contribution >= 4 is 18.3 Å². The van der Waals surface area contributed by atoms with Gasteiger partial charge in [-0.15, -0.1) is 0 Å². The number of rotatable bonds is 6. The molecule has 6 heteroatoms. The first kappa shape index (κ1) is 14.4. The van der Waals surface area contributed by atoms with Gasteiger partial charge in [-0.25, -0.2) is 0 Å². The number of hydrogen-bond donors (Lipinski definition) is 1. The Labute approximate surface area is 94.3 Å². The van der Waals surface area contributed by atoms with Crippen molar-refractivity contribution in [3.05, 3.63) is 0 Å². The average molecular weight is 231 g/mol. The molecule has 0 unspecified atom stereocenters. The summed E-state index contributed by atoms with van der Waals surface area (Å²) in [6.45, 7) is 3.56. The molecule has 1 N–H and O–H groups in total. The Morgan fingerprint density at radius 1 is 1.12 bits per heavy atom. The van der Waals surface area contributed by atoms with E-state index in [2.05, 4.69) is 14.8 Å². The van der Waals surface area contributed by atoms with Gasteiger partial charge in [0.15, 0.2) is 5.92 Å². The third-order valence-corrected chi connectivity index (χ3v) is 2.25. The fourth-order valence-corrected chi connectivity index (χ4v) is 1.40. The maximum absolute atomic E-state index is 11.5. The Hall–Kier alpha value is -1.59. The van der Waals surface area contributed by atoms with Crippen molar-refractivity contribution < 1.29 is 23.9 Å². The van der Waals surface area contributed by atoms with E-state index in [1.807, 2.05) is 0 Å². The highest BCUT2D eigenvalue weighted by Crippen LogP contribution is 2.16. The molecule has 0 spiro atoms. The Morgan fingerprint density at radius 3 is 1.81 bits per heavy atom. The molecule has 6 nitrogen and oxygen atoms in total. The van der Waals surface area contributed by atoms with Gasteiger partial charge in [0.1, 0.15) is 0 Å². The molecular formula is C10H17NO5. The van der Waals surface area contributed by atoms with E-state index in [0.717, 1.165) is 0 Å². The summed E-state index contributed by atoms with van der Waals surface area (Å²) >= 11 is 0. The van der Waals surface area contributed by atoms with Crippen LogP contribution < -0.4 is 5.32 Å². The number of carbonyl (C=O) groups excluding carboxylic acids is 3. The monoisotopic (exact) mass is 231 g/mol. The van der Waals surface area contributed by atoms with Gasteiger partial charge in [0.05, 0.1) is 20.3 Å². The zero-order chi connectivity index (χ0) is 12.7. The quantitative estimate of drug-likeness (QED) is 0.386. The van der Waals surface area contributed by atoms with E-state index in [9.17, 15) is 14.4 Å². The van der Waals surface area contributed by atoms with Crippen molar-refractivity contribution in [3.8, 4) is 0 Å². The average Bonchev–Trinajstić information content (AvgIpc) is 2.27. The number of amides is 1. The maximum Gasteiger partial charge on any atom is 0.322 e. The van der Waals surface area contributed by atoms with Crippen LogP contribution in [0, 0.1) is 11.8 Å². The first-order chi connectivity index (χ1) is 7.49. The van der Waals surface area contributed by atoms with Crippen molar-refractivity contribution in [2.75, 3.05) is 14.2 Å². The summed E-state index contributed by atoms with van der Waals surface area (Å²) in [5, 5.41) is 2.43. The fraction of sp³-hybridized carbons (Fsp3) is 0.700. The molecule has 0 aromatic rings. The maximum atomic E-state index is 11.5. The van der Waals surface area contributed by atoms with Crippen LogP contribution in [0.2, 0.25) is 0 Å². The molecule has 0 radical (unpaired) electrons. The van der Waals surface area contributed by atoms with Gasteiger partial charge in [0.2, 0.25) is 6.41 Å². The molecule has 1 amide bonds. The van der Waals surface area contributed by atoms with Crippen molar-refractivity contribution in [2.45, 2.75) is 19.9 Å². The standard InChI is InChI=1S/C10H17NO5/c1-6(2)8(11-5-12)7(9(13)15-3)10(14)16-4/h5-8H,1-4H3,(H,11,12)/t8-/m0/s1. The van der Waals surface area contributed by atoms with E-state index in [4.69, 9.17) is 0 Å². The van der Waals surface area contributed by atoms with Crippen LogP contribution in [0.15, 0.2) is 0 Å². The lowest BCUT2D eigenvalue weighted by Gasteiger charge is -2.25. The smallest absolute Gasteiger partial charge is 0.322 e. The molecule has 0 aromatic heterocycles. The van der Waals surface area contributed by atoms with Crippen LogP contribution in [0.25, 0.3) is 0 Å². The number of esters is 2. The molecule has 0 heterocycles. The lowest BCUT2D eigenvalue weighted by molar-refractivity contribution is -0.160. The predicted octanol–water partition coefficient (Wildman–Crippen LogP) is -0.281. The largest absolute Gasteiger partial charge is 0.468 e. The van der Waals surface area contributed by atoms with Gasteiger partial charge in [-0.3, -0.25) is 14.4 Å². The van der Waals surface area contributed by atoms with Crippen LogP contribution in [-0.2, 0) is 23.9 Å². The lowest BCUT2D eigenvalue weighted by atomic mass is 9.90. The molecule has 92 valence electrons. The van der Waals surface area contributed by atoms with Gasteiger partial charge in [0, 0.05) is 0 Å². The molecule has 0 saturated heterocycles. The third-order valence-electron chi connectivity index (χ3n) is 2.25. The minimum absolute atomic E-state index is 0.103. The highest BCUT2D eigenvalue weighted by molar-refractivity contribution is 5.96. The molecule has 0 saturated carbocycles. The molecule has 0 aromatic carbocycles. The van der Waals surface area contributed by atoms with Crippen LogP contribution in [0.4, 0.5) is 0 Å². The van der Waals surface area contributed by atoms with E-state index in [1.165, 1.54) is 14.2 Å². The van der Waals surface area contributed by atoms with Crippen LogP contribution in [0.1, 0.15) is 13.8 Å². The zero-order valence-corrected chi connectivity index (χ0v) is 9.85. The summed E-state index contributed by atoms with van der Waals surface area (Å²) in [6.07, 6.45) is 0.448. The van der Waals surface area contributed by atoms with Crippen LogP contribution in [0.3, 0.4) is 0 Å². The van der Waals surface area contributed by atoms with Gasteiger partial charge in [-0.2, -0.15) is 0 Å². The molecule has 0 fully saturated rings. The van der Waals surface area contributed by atoms with Crippen LogP contribution in [0.5, 0.6) is 0 Å². The number of methoxy groups -OCH3 is 2. The van der Waals surface area contributed by atoms with Crippen LogP contribution >= 0.6 is 0 Å². The normalized spacial score (nSPS) is 12.1. The summed E-state index contributed by atoms with van der Waals surface area (Å²) in [4.78, 5) is 33.3. The molecular weight excluding hydrogens is 214 g/mol. The van der Waals surface area contributed by atoms with Crippen molar-refractivity contribution in [1.29, 1.82) is 0 Å². The number of carbonyl (C=O) groups is 3. The summed E-state index contributed by atoms with van der Waals surface area (Å²) in [6, 6.07) is -0.641. The summed E-state index contributed by atoms with van der Waals surface area (Å²) in [7, 11) is 2.35. The van der Waals surface area contributed by atoms with Crippen LogP contribution in [-0.4, -0.2) is 38.6 Å². The molecule has 0 aliphatic carbocycles. The highest BCUT2D eigenvalue weighted by Gasteiger charge is 2.38. The minimum atomic E-state index is -1.14. The Morgan fingerprint density at radius 2 is 1.56 bits per heavy atom. The minimum Gasteiger partial charge on any atom is -0.468 e. The predicted molar refractivity (Wildman–Crippen MR) is 55.3 cm³/mol. The number of nitrogens with one attached hydrogen (secondary N) is 1. The first-order valence-electron chi connectivity index (χ1n) is 4.84. The van der Waals surface area contributed by atoms with E-state index in [0.29, 0.717) is 6.41 Å². The second-order valence-electron chi connectivity index (χ2n) is 3.58. The third kappa shape index (κ3) is 3.52. The molecule has 0 aliphatic rings. The first-order valence-corrected chi connectivity index (χ1v) is 4.84. The Balaban J connectivity index is 5.02. The van der Waals surface area contributed by atoms with Crippen molar-refractivity contribution in [3.63, 3.8) is 0 Å². The van der Waals surface area contributed by atoms with Gasteiger partial charge < -0.3 is 14.8 Å². The molecule has 1 atom stereocenters. The van der Waals surface area contributed by atoms with Gasteiger partial charge in [-0.05, 0) is 5.92 Å². The number of ether oxygens (including phenoxy) is 2. The second kappa shape index (κ2) is 6.81. The Bertz CT molecular complexity index is 248. The topological polar surface area (TPSA) is 81.7 Å². The molecule has 16 heavy (non-hydrogen) atoms. The van der Waals surface area contributed by atoms with Gasteiger partial charge in [-0.1, -0.05) is 13.8 Å². The highest BCUT2D eigenvalue weighted by atomic mass is 16.5. The molecule has 0 aliphatic heterocycles. The molecule has 0 rings (SSSR count). The summed E-state index contributed by atoms with van der Waals surface area (Å²) in [5.74, 6) is -2.69. The Kier molecular flexibility index (Phi) is 6.14. The van der Waals surface area contributed by atoms with Crippen molar-refractivity contribution in [2.24, 2.45) is 11.8 Å². The van der Waals surface area contributed by atoms with E-state index in [1.54, 1.807) is 13.8 Å². The van der Waals surface area contributed by atoms with E-state index < -0.39 is 23.9 Å². The SMILES string of the molecule is COC(=O)C(C(=O)OC)[C@@H](NC=O)C(C)C. The number of hydrogen-bond acceptors (Lipinski definition) is 5. The zero-order valence-electron chi connectivity index (χ0n) is 9.85. The second-order valence-corrected chi connectivity index (χ2v) is 3.58. The summed E-state index contributed by atoms with van der Waals surface area (Å²) < 4.78 is 9.03. The van der Waals surface area contributed by atoms with Crippen molar-refractivity contribution in [1.82, 2.24) is 5.32 Å². The molecule has 0 bridgehead atoms. The fourth-order valence-electron chi connectivity index (χ4n) is 1.40. The van der Waals surface area contributed by atoms with E-state index in [-0.39, 0.29) is 5.92 Å². The van der Waals surface area contributed by atoms with E-state index >= 15 is 0 Å². The van der Waals surface area contributed by atoms with Gasteiger partial charge >= 0.3 is 11.9 Å². The lowest BCUT2D eigenvalue weighted by Crippen LogP contribution is -2.47.